The first-order valence-electron chi connectivity index (χ1n) is 8.88. The monoisotopic (exact) mass is 346 g/mol. The Balaban J connectivity index is 2.05. The second-order valence-electron chi connectivity index (χ2n) is 7.88. The molecule has 1 atom stereocenters. The fourth-order valence-corrected chi connectivity index (χ4v) is 3.52. The molecule has 2 rings (SSSR count). The number of hydrogen-bond acceptors (Lipinski definition) is 4. The highest BCUT2D eigenvalue weighted by atomic mass is 19.3. The zero-order valence-corrected chi connectivity index (χ0v) is 15.0. The van der Waals surface area contributed by atoms with E-state index in [1.165, 1.54) is 6.92 Å². The van der Waals surface area contributed by atoms with Gasteiger partial charge >= 0.3 is 17.9 Å². The molecular formula is C18H28F2O4. The summed E-state index contributed by atoms with van der Waals surface area (Å²) in [6.07, 6.45) is 2.35. The van der Waals surface area contributed by atoms with Gasteiger partial charge < -0.3 is 9.47 Å². The molecule has 0 spiro atoms. The maximum absolute atomic E-state index is 14.6. The van der Waals surface area contributed by atoms with Crippen molar-refractivity contribution in [3.63, 3.8) is 0 Å². The second-order valence-corrected chi connectivity index (χ2v) is 7.88. The van der Waals surface area contributed by atoms with Crippen molar-refractivity contribution in [2.45, 2.75) is 90.3 Å². The number of fused-ring (bicyclic) bond motifs is 2. The summed E-state index contributed by atoms with van der Waals surface area (Å²) >= 11 is 0. The van der Waals surface area contributed by atoms with Crippen LogP contribution in [0.4, 0.5) is 8.78 Å². The molecule has 0 aromatic rings. The molecule has 0 radical (unpaired) electrons. The lowest BCUT2D eigenvalue weighted by Gasteiger charge is -2.32. The summed E-state index contributed by atoms with van der Waals surface area (Å²) < 4.78 is 39.4. The summed E-state index contributed by atoms with van der Waals surface area (Å²) in [5.41, 5.74) is -1.59. The molecule has 0 aromatic heterocycles. The maximum Gasteiger partial charge on any atom is 0.381 e. The third kappa shape index (κ3) is 3.57. The highest BCUT2D eigenvalue weighted by molar-refractivity contribution is 5.81. The van der Waals surface area contributed by atoms with Gasteiger partial charge in [-0.15, -0.1) is 0 Å². The fourth-order valence-electron chi connectivity index (χ4n) is 3.52. The molecule has 0 saturated heterocycles. The Hall–Kier alpha value is -1.20. The van der Waals surface area contributed by atoms with Crippen LogP contribution in [0, 0.1) is 11.3 Å². The number of ether oxygens (including phenoxy) is 2. The van der Waals surface area contributed by atoms with Gasteiger partial charge in [-0.25, -0.2) is 4.79 Å². The van der Waals surface area contributed by atoms with Gasteiger partial charge in [0.25, 0.3) is 0 Å². The lowest BCUT2D eigenvalue weighted by molar-refractivity contribution is -0.212. The second kappa shape index (κ2) is 6.60. The van der Waals surface area contributed by atoms with E-state index in [1.54, 1.807) is 20.8 Å². The molecule has 2 aliphatic rings. The number of alkyl halides is 2. The van der Waals surface area contributed by atoms with Gasteiger partial charge in [0, 0.05) is 0 Å². The number of rotatable bonds is 7. The van der Waals surface area contributed by atoms with Crippen molar-refractivity contribution >= 4 is 11.9 Å². The Morgan fingerprint density at radius 2 is 1.75 bits per heavy atom. The number of carbonyl (C=O) groups excluding carboxylic acids is 2. The largest absolute Gasteiger partial charge is 0.455 e. The predicted octanol–water partition coefficient (Wildman–Crippen LogP) is 4.26. The van der Waals surface area contributed by atoms with E-state index in [0.717, 1.165) is 12.8 Å². The molecule has 2 aliphatic carbocycles. The zero-order chi connectivity index (χ0) is 18.2. The topological polar surface area (TPSA) is 52.6 Å². The number of carbonyl (C=O) groups is 2. The SMILES string of the molecule is CCC(OC(=O)C(C)(C)CC)C(F)(F)C(=O)OC12CCC(CC1)C2. The highest BCUT2D eigenvalue weighted by Crippen LogP contribution is 2.50. The molecule has 2 bridgehead atoms. The molecule has 0 amide bonds. The Morgan fingerprint density at radius 1 is 1.17 bits per heavy atom. The summed E-state index contributed by atoms with van der Waals surface area (Å²) in [6.45, 7) is 6.52. The van der Waals surface area contributed by atoms with Crippen molar-refractivity contribution in [2.24, 2.45) is 11.3 Å². The molecule has 0 heterocycles. The van der Waals surface area contributed by atoms with E-state index in [-0.39, 0.29) is 6.42 Å². The van der Waals surface area contributed by atoms with Gasteiger partial charge in [-0.1, -0.05) is 13.8 Å². The Morgan fingerprint density at radius 3 is 2.17 bits per heavy atom. The number of hydrogen-bond donors (Lipinski definition) is 0. The van der Waals surface area contributed by atoms with Crippen LogP contribution in [0.15, 0.2) is 0 Å². The molecule has 4 nitrogen and oxygen atoms in total. The van der Waals surface area contributed by atoms with Crippen molar-refractivity contribution in [1.82, 2.24) is 0 Å². The summed E-state index contributed by atoms with van der Waals surface area (Å²) in [7, 11) is 0. The molecule has 0 aliphatic heterocycles. The van der Waals surface area contributed by atoms with Crippen molar-refractivity contribution in [2.75, 3.05) is 0 Å². The molecule has 138 valence electrons. The van der Waals surface area contributed by atoms with E-state index >= 15 is 0 Å². The van der Waals surface area contributed by atoms with E-state index in [4.69, 9.17) is 9.47 Å². The van der Waals surface area contributed by atoms with Crippen LogP contribution in [0.5, 0.6) is 0 Å². The van der Waals surface area contributed by atoms with E-state index in [0.29, 0.717) is 31.6 Å². The average Bonchev–Trinajstić information content (AvgIpc) is 3.12. The van der Waals surface area contributed by atoms with Gasteiger partial charge in [-0.2, -0.15) is 8.78 Å². The van der Waals surface area contributed by atoms with Gasteiger partial charge in [0.1, 0.15) is 5.60 Å². The lowest BCUT2D eigenvalue weighted by atomic mass is 9.90. The van der Waals surface area contributed by atoms with Crippen molar-refractivity contribution in [3.8, 4) is 0 Å². The van der Waals surface area contributed by atoms with Gasteiger partial charge in [0.2, 0.25) is 0 Å². The normalized spacial score (nSPS) is 27.8. The summed E-state index contributed by atoms with van der Waals surface area (Å²) in [6, 6.07) is 0. The van der Waals surface area contributed by atoms with Gasteiger partial charge in [0.05, 0.1) is 5.41 Å². The molecule has 2 saturated carbocycles. The minimum Gasteiger partial charge on any atom is -0.455 e. The third-order valence-electron chi connectivity index (χ3n) is 5.72. The van der Waals surface area contributed by atoms with Gasteiger partial charge in [-0.3, -0.25) is 4.79 Å². The lowest BCUT2D eigenvalue weighted by Crippen LogP contribution is -2.49. The summed E-state index contributed by atoms with van der Waals surface area (Å²) in [4.78, 5) is 24.2. The quantitative estimate of drug-likeness (QED) is 0.647. The van der Waals surface area contributed by atoms with Crippen molar-refractivity contribution < 1.29 is 27.8 Å². The maximum atomic E-state index is 14.6. The zero-order valence-electron chi connectivity index (χ0n) is 15.0. The number of halogens is 2. The summed E-state index contributed by atoms with van der Waals surface area (Å²) in [5, 5.41) is 0. The van der Waals surface area contributed by atoms with Crippen LogP contribution in [0.1, 0.15) is 72.6 Å². The van der Waals surface area contributed by atoms with Gasteiger partial charge in [0.15, 0.2) is 6.10 Å². The van der Waals surface area contributed by atoms with Crippen LogP contribution in [0.25, 0.3) is 0 Å². The summed E-state index contributed by atoms with van der Waals surface area (Å²) in [5.74, 6) is -5.62. The van der Waals surface area contributed by atoms with E-state index in [2.05, 4.69) is 0 Å². The molecule has 0 aromatic carbocycles. The molecule has 0 N–H and O–H groups in total. The first-order chi connectivity index (χ1) is 11.1. The van der Waals surface area contributed by atoms with Crippen molar-refractivity contribution in [1.29, 1.82) is 0 Å². The van der Waals surface area contributed by atoms with Crippen LogP contribution >= 0.6 is 0 Å². The molecule has 2 fully saturated rings. The predicted molar refractivity (Wildman–Crippen MR) is 84.6 cm³/mol. The molecule has 24 heavy (non-hydrogen) atoms. The fraction of sp³-hybridized carbons (Fsp3) is 0.889. The van der Waals surface area contributed by atoms with E-state index in [9.17, 15) is 18.4 Å². The van der Waals surface area contributed by atoms with Crippen molar-refractivity contribution in [3.05, 3.63) is 0 Å². The van der Waals surface area contributed by atoms with Gasteiger partial charge in [-0.05, 0) is 64.7 Å². The molecule has 1 unspecified atom stereocenters. The molecular weight excluding hydrogens is 318 g/mol. The van der Waals surface area contributed by atoms with Crippen LogP contribution in [0.2, 0.25) is 0 Å². The van der Waals surface area contributed by atoms with Crippen LogP contribution in [-0.4, -0.2) is 29.6 Å². The first-order valence-corrected chi connectivity index (χ1v) is 8.88. The minimum atomic E-state index is -3.83. The minimum absolute atomic E-state index is 0.150. The third-order valence-corrected chi connectivity index (χ3v) is 5.72. The Labute approximate surface area is 142 Å². The Bertz CT molecular complexity index is 493. The average molecular weight is 346 g/mol. The van der Waals surface area contributed by atoms with Crippen LogP contribution < -0.4 is 0 Å². The Kier molecular flexibility index (Phi) is 5.26. The first kappa shape index (κ1) is 19.1. The smallest absolute Gasteiger partial charge is 0.381 e. The van der Waals surface area contributed by atoms with E-state index < -0.39 is 35.0 Å². The standard InChI is InChI=1S/C18H28F2O4/c1-5-13(23-14(21)16(3,4)6-2)18(19,20)15(22)24-17-9-7-12(11-17)8-10-17/h12-13H,5-11H2,1-4H3. The van der Waals surface area contributed by atoms with Crippen LogP contribution in [0.3, 0.4) is 0 Å². The van der Waals surface area contributed by atoms with Crippen LogP contribution in [-0.2, 0) is 19.1 Å². The highest BCUT2D eigenvalue weighted by Gasteiger charge is 2.56. The number of esters is 2. The van der Waals surface area contributed by atoms with E-state index in [1.807, 2.05) is 0 Å². The molecule has 6 heteroatoms.